The second-order valence-corrected chi connectivity index (χ2v) is 4.35. The first-order chi connectivity index (χ1) is 7.25. The number of nitrogens with zero attached hydrogens (tertiary/aromatic N) is 2. The SMILES string of the molecule is NC1(CCc2cc3ncncc3o2)CC1. The van der Waals surface area contributed by atoms with Crippen molar-refractivity contribution in [3.05, 3.63) is 24.4 Å². The fourth-order valence-electron chi connectivity index (χ4n) is 1.74. The van der Waals surface area contributed by atoms with Gasteiger partial charge in [0.05, 0.1) is 6.20 Å². The first-order valence-corrected chi connectivity index (χ1v) is 5.23. The average molecular weight is 203 g/mol. The number of nitrogens with two attached hydrogens (primary N) is 1. The van der Waals surface area contributed by atoms with Gasteiger partial charge in [-0.15, -0.1) is 0 Å². The van der Waals surface area contributed by atoms with Crippen molar-refractivity contribution in [2.24, 2.45) is 5.73 Å². The quantitative estimate of drug-likeness (QED) is 0.823. The molecule has 1 fully saturated rings. The Morgan fingerprint density at radius 3 is 3.07 bits per heavy atom. The van der Waals surface area contributed by atoms with Crippen molar-refractivity contribution in [3.8, 4) is 0 Å². The van der Waals surface area contributed by atoms with Crippen LogP contribution in [0.1, 0.15) is 25.0 Å². The number of aromatic nitrogens is 2. The zero-order chi connectivity index (χ0) is 10.3. The van der Waals surface area contributed by atoms with Crippen LogP contribution in [-0.4, -0.2) is 15.5 Å². The third-order valence-electron chi connectivity index (χ3n) is 3.01. The van der Waals surface area contributed by atoms with E-state index in [0.29, 0.717) is 0 Å². The maximum Gasteiger partial charge on any atom is 0.170 e. The number of fused-ring (bicyclic) bond motifs is 1. The largest absolute Gasteiger partial charge is 0.458 e. The van der Waals surface area contributed by atoms with E-state index in [0.717, 1.165) is 42.5 Å². The predicted octanol–water partition coefficient (Wildman–Crippen LogP) is 1.65. The summed E-state index contributed by atoms with van der Waals surface area (Å²) in [6, 6.07) is 1.97. The molecular formula is C11H13N3O. The summed E-state index contributed by atoms with van der Waals surface area (Å²) in [5, 5.41) is 0. The molecule has 4 nitrogen and oxygen atoms in total. The Balaban J connectivity index is 1.79. The summed E-state index contributed by atoms with van der Waals surface area (Å²) in [6.07, 6.45) is 7.42. The molecular weight excluding hydrogens is 190 g/mol. The van der Waals surface area contributed by atoms with Crippen molar-refractivity contribution in [1.82, 2.24) is 9.97 Å². The number of rotatable bonds is 3. The van der Waals surface area contributed by atoms with Gasteiger partial charge in [-0.05, 0) is 19.3 Å². The first-order valence-electron chi connectivity index (χ1n) is 5.23. The minimum Gasteiger partial charge on any atom is -0.458 e. The summed E-state index contributed by atoms with van der Waals surface area (Å²) in [7, 11) is 0. The van der Waals surface area contributed by atoms with Gasteiger partial charge in [-0.2, -0.15) is 0 Å². The average Bonchev–Trinajstić information content (AvgIpc) is 2.83. The van der Waals surface area contributed by atoms with Crippen LogP contribution in [0.2, 0.25) is 0 Å². The van der Waals surface area contributed by atoms with Crippen molar-refractivity contribution in [3.63, 3.8) is 0 Å². The molecule has 0 bridgehead atoms. The van der Waals surface area contributed by atoms with Crippen molar-refractivity contribution >= 4 is 11.1 Å². The highest BCUT2D eigenvalue weighted by atomic mass is 16.3. The molecule has 0 saturated heterocycles. The van der Waals surface area contributed by atoms with Gasteiger partial charge in [-0.3, -0.25) is 0 Å². The number of hydrogen-bond acceptors (Lipinski definition) is 4. The van der Waals surface area contributed by atoms with Gasteiger partial charge in [-0.25, -0.2) is 9.97 Å². The maximum atomic E-state index is 6.02. The molecule has 0 unspecified atom stereocenters. The van der Waals surface area contributed by atoms with E-state index < -0.39 is 0 Å². The van der Waals surface area contributed by atoms with Crippen LogP contribution < -0.4 is 5.73 Å². The monoisotopic (exact) mass is 203 g/mol. The van der Waals surface area contributed by atoms with Crippen LogP contribution >= 0.6 is 0 Å². The molecule has 0 amide bonds. The second kappa shape index (κ2) is 3.03. The summed E-state index contributed by atoms with van der Waals surface area (Å²) < 4.78 is 5.61. The molecule has 0 spiro atoms. The molecule has 2 aromatic rings. The minimum atomic E-state index is 0.0879. The van der Waals surface area contributed by atoms with Crippen LogP contribution in [0.3, 0.4) is 0 Å². The van der Waals surface area contributed by atoms with Gasteiger partial charge in [0.15, 0.2) is 5.58 Å². The topological polar surface area (TPSA) is 64.9 Å². The lowest BCUT2D eigenvalue weighted by Gasteiger charge is -2.04. The van der Waals surface area contributed by atoms with Crippen LogP contribution in [0, 0.1) is 0 Å². The van der Waals surface area contributed by atoms with Crippen molar-refractivity contribution in [2.45, 2.75) is 31.2 Å². The smallest absolute Gasteiger partial charge is 0.170 e. The highest BCUT2D eigenvalue weighted by Gasteiger charge is 2.37. The molecule has 15 heavy (non-hydrogen) atoms. The molecule has 78 valence electrons. The summed E-state index contributed by atoms with van der Waals surface area (Å²) in [4.78, 5) is 8.04. The fourth-order valence-corrected chi connectivity index (χ4v) is 1.74. The molecule has 4 heteroatoms. The van der Waals surface area contributed by atoms with Gasteiger partial charge >= 0.3 is 0 Å². The summed E-state index contributed by atoms with van der Waals surface area (Å²) in [6.45, 7) is 0. The molecule has 0 atom stereocenters. The van der Waals surface area contributed by atoms with E-state index in [2.05, 4.69) is 9.97 Å². The van der Waals surface area contributed by atoms with Crippen LogP contribution in [-0.2, 0) is 6.42 Å². The molecule has 0 aromatic carbocycles. The lowest BCUT2D eigenvalue weighted by Crippen LogP contribution is -2.21. The van der Waals surface area contributed by atoms with Crippen LogP contribution in [0.5, 0.6) is 0 Å². The molecule has 1 aliphatic rings. The van der Waals surface area contributed by atoms with Gasteiger partial charge in [0.2, 0.25) is 0 Å². The number of hydrogen-bond donors (Lipinski definition) is 1. The van der Waals surface area contributed by atoms with Crippen molar-refractivity contribution in [1.29, 1.82) is 0 Å². The van der Waals surface area contributed by atoms with E-state index in [-0.39, 0.29) is 5.54 Å². The Morgan fingerprint density at radius 1 is 1.47 bits per heavy atom. The third kappa shape index (κ3) is 1.72. The lowest BCUT2D eigenvalue weighted by molar-refractivity contribution is 0.507. The van der Waals surface area contributed by atoms with E-state index in [1.165, 1.54) is 6.33 Å². The molecule has 3 rings (SSSR count). The van der Waals surface area contributed by atoms with E-state index in [9.17, 15) is 0 Å². The highest BCUT2D eigenvalue weighted by Crippen LogP contribution is 2.36. The Kier molecular flexibility index (Phi) is 1.79. The van der Waals surface area contributed by atoms with Crippen LogP contribution in [0.25, 0.3) is 11.1 Å². The van der Waals surface area contributed by atoms with Crippen LogP contribution in [0.4, 0.5) is 0 Å². The normalized spacial score (nSPS) is 18.2. The second-order valence-electron chi connectivity index (χ2n) is 4.35. The predicted molar refractivity (Wildman–Crippen MR) is 56.3 cm³/mol. The lowest BCUT2D eigenvalue weighted by atomic mass is 10.1. The third-order valence-corrected chi connectivity index (χ3v) is 3.01. The van der Waals surface area contributed by atoms with Gasteiger partial charge in [0.25, 0.3) is 0 Å². The molecule has 0 radical (unpaired) electrons. The van der Waals surface area contributed by atoms with Gasteiger partial charge < -0.3 is 10.2 Å². The Bertz CT molecular complexity index is 454. The van der Waals surface area contributed by atoms with E-state index in [1.54, 1.807) is 6.20 Å². The summed E-state index contributed by atoms with van der Waals surface area (Å²) in [5.41, 5.74) is 7.74. The first kappa shape index (κ1) is 8.85. The van der Waals surface area contributed by atoms with E-state index in [4.69, 9.17) is 10.2 Å². The van der Waals surface area contributed by atoms with Gasteiger partial charge in [-0.1, -0.05) is 0 Å². The zero-order valence-corrected chi connectivity index (χ0v) is 8.44. The molecule has 1 aliphatic carbocycles. The Morgan fingerprint density at radius 2 is 2.33 bits per heavy atom. The Hall–Kier alpha value is -1.42. The van der Waals surface area contributed by atoms with E-state index in [1.807, 2.05) is 6.07 Å². The summed E-state index contributed by atoms with van der Waals surface area (Å²) in [5.74, 6) is 0.960. The number of furan rings is 1. The zero-order valence-electron chi connectivity index (χ0n) is 8.44. The van der Waals surface area contributed by atoms with Crippen molar-refractivity contribution in [2.75, 3.05) is 0 Å². The standard InChI is InChI=1S/C11H13N3O/c12-11(3-4-11)2-1-8-5-9-10(15-8)6-13-7-14-9/h5-7H,1-4,12H2. The molecule has 2 heterocycles. The van der Waals surface area contributed by atoms with Crippen molar-refractivity contribution < 1.29 is 4.42 Å². The minimum absolute atomic E-state index is 0.0879. The van der Waals surface area contributed by atoms with E-state index >= 15 is 0 Å². The fraction of sp³-hybridized carbons (Fsp3) is 0.455. The van der Waals surface area contributed by atoms with Crippen LogP contribution in [0.15, 0.2) is 23.0 Å². The number of aryl methyl sites for hydroxylation is 1. The maximum absolute atomic E-state index is 6.02. The molecule has 1 saturated carbocycles. The van der Waals surface area contributed by atoms with Gasteiger partial charge in [0, 0.05) is 18.0 Å². The summed E-state index contributed by atoms with van der Waals surface area (Å²) >= 11 is 0. The molecule has 0 aliphatic heterocycles. The highest BCUT2D eigenvalue weighted by molar-refractivity contribution is 5.71. The molecule has 2 N–H and O–H groups in total. The Labute approximate surface area is 87.5 Å². The molecule has 2 aromatic heterocycles. The van der Waals surface area contributed by atoms with Gasteiger partial charge in [0.1, 0.15) is 17.6 Å².